The van der Waals surface area contributed by atoms with Crippen molar-refractivity contribution in [3.8, 4) is 17.1 Å². The van der Waals surface area contributed by atoms with Gasteiger partial charge >= 0.3 is 0 Å². The van der Waals surface area contributed by atoms with E-state index in [4.69, 9.17) is 16.3 Å². The highest BCUT2D eigenvalue weighted by Gasteiger charge is 2.35. The van der Waals surface area contributed by atoms with Gasteiger partial charge < -0.3 is 4.74 Å². The summed E-state index contributed by atoms with van der Waals surface area (Å²) in [7, 11) is 0. The Morgan fingerprint density at radius 1 is 1.09 bits per heavy atom. The van der Waals surface area contributed by atoms with Crippen LogP contribution in [0.1, 0.15) is 12.8 Å². The zero-order valence-corrected chi connectivity index (χ0v) is 13.0. The van der Waals surface area contributed by atoms with Crippen molar-refractivity contribution in [1.29, 1.82) is 0 Å². The fraction of sp³-hybridized carbons (Fsp3) is 0.412. The number of aromatic nitrogens is 2. The van der Waals surface area contributed by atoms with Crippen molar-refractivity contribution in [3.63, 3.8) is 0 Å². The molecule has 5 heteroatoms. The van der Waals surface area contributed by atoms with Crippen LogP contribution in [0.25, 0.3) is 11.3 Å². The van der Waals surface area contributed by atoms with Crippen molar-refractivity contribution in [3.05, 3.63) is 41.4 Å². The molecule has 0 aliphatic carbocycles. The first-order valence-corrected chi connectivity index (χ1v) is 8.14. The summed E-state index contributed by atoms with van der Waals surface area (Å²) in [6.45, 7) is 3.44. The van der Waals surface area contributed by atoms with E-state index in [1.165, 1.54) is 25.9 Å². The van der Waals surface area contributed by atoms with Crippen LogP contribution in [0, 0.1) is 5.92 Å². The standard InChI is InChI=1S/C17H18ClN3O/c18-14-3-1-2-13(10-14)15-4-5-17(20-19-15)22-16-11-21-8-6-12(16)7-9-21/h1-5,10,12,16H,6-9,11H2/t16-/m0/s1. The fourth-order valence-electron chi connectivity index (χ4n) is 3.38. The van der Waals surface area contributed by atoms with Crippen LogP contribution in [0.15, 0.2) is 36.4 Å². The molecule has 0 N–H and O–H groups in total. The van der Waals surface area contributed by atoms with Crippen molar-refractivity contribution in [2.45, 2.75) is 18.9 Å². The van der Waals surface area contributed by atoms with Gasteiger partial charge in [-0.25, -0.2) is 0 Å². The number of rotatable bonds is 3. The van der Waals surface area contributed by atoms with Gasteiger partial charge in [0.2, 0.25) is 5.88 Å². The van der Waals surface area contributed by atoms with Crippen LogP contribution in [0.4, 0.5) is 0 Å². The van der Waals surface area contributed by atoms with Gasteiger partial charge in [0.15, 0.2) is 0 Å². The lowest BCUT2D eigenvalue weighted by Gasteiger charge is -2.44. The Bertz CT molecular complexity index is 653. The molecular formula is C17H18ClN3O. The van der Waals surface area contributed by atoms with Gasteiger partial charge in [-0.1, -0.05) is 23.7 Å². The number of piperidine rings is 3. The Morgan fingerprint density at radius 3 is 2.59 bits per heavy atom. The van der Waals surface area contributed by atoms with Gasteiger partial charge in [-0.05, 0) is 50.0 Å². The molecular weight excluding hydrogens is 298 g/mol. The molecule has 3 saturated heterocycles. The lowest BCUT2D eigenvalue weighted by molar-refractivity contribution is -0.0103. The van der Waals surface area contributed by atoms with Gasteiger partial charge in [-0.2, -0.15) is 0 Å². The number of ether oxygens (including phenoxy) is 1. The number of fused-ring (bicyclic) bond motifs is 3. The molecule has 3 aliphatic heterocycles. The highest BCUT2D eigenvalue weighted by molar-refractivity contribution is 6.30. The van der Waals surface area contributed by atoms with Crippen molar-refractivity contribution in [2.75, 3.05) is 19.6 Å². The average molecular weight is 316 g/mol. The first-order valence-electron chi connectivity index (χ1n) is 7.76. The van der Waals surface area contributed by atoms with Crippen LogP contribution < -0.4 is 4.74 Å². The van der Waals surface area contributed by atoms with Crippen LogP contribution in [-0.4, -0.2) is 40.8 Å². The maximum absolute atomic E-state index is 6.06. The zero-order valence-electron chi connectivity index (χ0n) is 12.3. The Hall–Kier alpha value is -1.65. The topological polar surface area (TPSA) is 38.2 Å². The third-order valence-corrected chi connectivity index (χ3v) is 4.86. The molecule has 3 fully saturated rings. The minimum atomic E-state index is 0.258. The first-order chi connectivity index (χ1) is 10.8. The lowest BCUT2D eigenvalue weighted by Crippen LogP contribution is -2.52. The summed E-state index contributed by atoms with van der Waals surface area (Å²) in [5, 5.41) is 9.20. The number of nitrogens with zero attached hydrogens (tertiary/aromatic N) is 3. The number of halogens is 1. The van der Waals surface area contributed by atoms with E-state index in [9.17, 15) is 0 Å². The van der Waals surface area contributed by atoms with E-state index in [-0.39, 0.29) is 6.10 Å². The molecule has 1 aromatic heterocycles. The molecule has 1 atom stereocenters. The normalized spacial score (nSPS) is 26.9. The van der Waals surface area contributed by atoms with Crippen LogP contribution in [0.5, 0.6) is 5.88 Å². The third-order valence-electron chi connectivity index (χ3n) is 4.63. The third kappa shape index (κ3) is 2.81. The van der Waals surface area contributed by atoms with E-state index in [0.29, 0.717) is 16.8 Å². The maximum Gasteiger partial charge on any atom is 0.233 e. The second-order valence-corrected chi connectivity index (χ2v) is 6.50. The molecule has 4 heterocycles. The summed E-state index contributed by atoms with van der Waals surface area (Å²) in [4.78, 5) is 2.47. The molecule has 0 amide bonds. The summed E-state index contributed by atoms with van der Waals surface area (Å²) in [6.07, 6.45) is 2.73. The molecule has 2 bridgehead atoms. The maximum atomic E-state index is 6.06. The second-order valence-electron chi connectivity index (χ2n) is 6.06. The first kappa shape index (κ1) is 14.0. The summed E-state index contributed by atoms with van der Waals surface area (Å²) in [5.41, 5.74) is 1.78. The molecule has 3 aliphatic rings. The number of hydrogen-bond donors (Lipinski definition) is 0. The SMILES string of the molecule is Clc1cccc(-c2ccc(O[C@H]3CN4CCC3CC4)nn2)c1. The predicted octanol–water partition coefficient (Wildman–Crippen LogP) is 3.27. The van der Waals surface area contributed by atoms with Crippen molar-refractivity contribution < 1.29 is 4.74 Å². The van der Waals surface area contributed by atoms with Gasteiger partial charge in [0, 0.05) is 23.2 Å². The highest BCUT2D eigenvalue weighted by atomic mass is 35.5. The Balaban J connectivity index is 1.48. The zero-order chi connectivity index (χ0) is 14.9. The summed E-state index contributed by atoms with van der Waals surface area (Å²) >= 11 is 6.01. The molecule has 0 saturated carbocycles. The minimum absolute atomic E-state index is 0.258. The van der Waals surface area contributed by atoms with E-state index >= 15 is 0 Å². The quantitative estimate of drug-likeness (QED) is 0.871. The Labute approximate surface area is 135 Å². The molecule has 22 heavy (non-hydrogen) atoms. The molecule has 0 radical (unpaired) electrons. The van der Waals surface area contributed by atoms with E-state index in [2.05, 4.69) is 15.1 Å². The average Bonchev–Trinajstić information content (AvgIpc) is 2.57. The van der Waals surface area contributed by atoms with E-state index < -0.39 is 0 Å². The highest BCUT2D eigenvalue weighted by Crippen LogP contribution is 2.30. The summed E-state index contributed by atoms with van der Waals surface area (Å²) < 4.78 is 6.06. The largest absolute Gasteiger partial charge is 0.472 e. The number of hydrogen-bond acceptors (Lipinski definition) is 4. The van der Waals surface area contributed by atoms with Crippen LogP contribution >= 0.6 is 11.6 Å². The molecule has 1 aromatic carbocycles. The molecule has 0 spiro atoms. The van der Waals surface area contributed by atoms with Crippen LogP contribution in [-0.2, 0) is 0 Å². The molecule has 5 rings (SSSR count). The van der Waals surface area contributed by atoms with Gasteiger partial charge in [0.25, 0.3) is 0 Å². The van der Waals surface area contributed by atoms with E-state index in [1.807, 2.05) is 36.4 Å². The Morgan fingerprint density at radius 2 is 1.95 bits per heavy atom. The van der Waals surface area contributed by atoms with Gasteiger partial charge in [0.1, 0.15) is 6.10 Å². The van der Waals surface area contributed by atoms with Crippen molar-refractivity contribution >= 4 is 11.6 Å². The fourth-order valence-corrected chi connectivity index (χ4v) is 3.57. The Kier molecular flexibility index (Phi) is 3.72. The number of benzene rings is 1. The molecule has 114 valence electrons. The smallest absolute Gasteiger partial charge is 0.233 e. The summed E-state index contributed by atoms with van der Waals surface area (Å²) in [6, 6.07) is 11.5. The monoisotopic (exact) mass is 315 g/mol. The van der Waals surface area contributed by atoms with Crippen LogP contribution in [0.2, 0.25) is 5.02 Å². The van der Waals surface area contributed by atoms with Gasteiger partial charge in [-0.15, -0.1) is 10.2 Å². The lowest BCUT2D eigenvalue weighted by atomic mass is 9.86. The van der Waals surface area contributed by atoms with Gasteiger partial charge in [-0.3, -0.25) is 4.90 Å². The summed E-state index contributed by atoms with van der Waals surface area (Å²) in [5.74, 6) is 1.28. The van der Waals surface area contributed by atoms with Gasteiger partial charge in [0.05, 0.1) is 5.69 Å². The predicted molar refractivity (Wildman–Crippen MR) is 86.1 cm³/mol. The second kappa shape index (κ2) is 5.86. The van der Waals surface area contributed by atoms with E-state index in [1.54, 1.807) is 0 Å². The molecule has 2 aromatic rings. The van der Waals surface area contributed by atoms with E-state index in [0.717, 1.165) is 17.8 Å². The van der Waals surface area contributed by atoms with Crippen molar-refractivity contribution in [1.82, 2.24) is 15.1 Å². The molecule has 4 nitrogen and oxygen atoms in total. The minimum Gasteiger partial charge on any atom is -0.472 e. The molecule has 0 unspecified atom stereocenters. The van der Waals surface area contributed by atoms with Crippen LogP contribution in [0.3, 0.4) is 0 Å². The van der Waals surface area contributed by atoms with Crippen molar-refractivity contribution in [2.24, 2.45) is 5.92 Å².